The molecule has 0 amide bonds. The summed E-state index contributed by atoms with van der Waals surface area (Å²) in [5.74, 6) is -2.05. The summed E-state index contributed by atoms with van der Waals surface area (Å²) < 4.78 is 49.2. The van der Waals surface area contributed by atoms with Gasteiger partial charge in [0.15, 0.2) is 0 Å². The average molecular weight is 911 g/mol. The van der Waals surface area contributed by atoms with E-state index >= 15 is 0 Å². The molecule has 6 rings (SSSR count). The number of carbonyl (C=O) groups is 4. The van der Waals surface area contributed by atoms with E-state index in [1.807, 2.05) is 24.3 Å². The fourth-order valence-electron chi connectivity index (χ4n) is 7.18. The number of pyridine rings is 2. The van der Waals surface area contributed by atoms with Crippen molar-refractivity contribution in [2.24, 2.45) is 0 Å². The molecule has 0 unspecified atom stereocenters. The summed E-state index contributed by atoms with van der Waals surface area (Å²) in [7, 11) is 0. The molecule has 0 aliphatic heterocycles. The Kier molecular flexibility index (Phi) is 17.6. The molecule has 66 heavy (non-hydrogen) atoms. The molecule has 18 nitrogen and oxygen atoms in total. The zero-order chi connectivity index (χ0) is 47.0. The Morgan fingerprint density at radius 2 is 0.788 bits per heavy atom. The van der Waals surface area contributed by atoms with Gasteiger partial charge in [-0.05, 0) is 74.5 Å². The van der Waals surface area contributed by atoms with Gasteiger partial charge < -0.3 is 68.4 Å². The molecule has 0 aliphatic carbocycles. The molecule has 0 saturated heterocycles. The van der Waals surface area contributed by atoms with Gasteiger partial charge in [-0.3, -0.25) is 9.59 Å². The molecule has 0 radical (unpaired) electrons. The smallest absolute Gasteiger partial charge is 0.337 e. The van der Waals surface area contributed by atoms with E-state index in [-0.39, 0.29) is 58.4 Å². The first-order valence-electron chi connectivity index (χ1n) is 21.3. The molecule has 0 aliphatic rings. The Balaban J connectivity index is 0.766. The predicted octanol–water partition coefficient (Wildman–Crippen LogP) is 5.39. The number of aromatic nitrogens is 2. The lowest BCUT2D eigenvalue weighted by molar-refractivity contribution is -0.0187. The Labute approximate surface area is 380 Å². The monoisotopic (exact) mass is 910 g/mol. The van der Waals surface area contributed by atoms with Crippen LogP contribution in [0, 0.1) is 13.8 Å². The van der Waals surface area contributed by atoms with Crippen LogP contribution in [0.1, 0.15) is 63.9 Å². The van der Waals surface area contributed by atoms with Gasteiger partial charge in [0, 0.05) is 46.0 Å². The standard InChI is InChI=1S/C48H54N4O14/c1-31-41(43(53)33-9-11-37(49)35(29-33)47(55)56)51-13-5-3-7-39(51)45(31)65-27-25-63-23-21-61-19-17-59-15-16-60-18-20-62-22-24-64-26-28-66-46-32(2)42(52-14-6-4-8-40(46)52)44(54)34-10-12-38(50)36(30-34)48(57)58/h3-14,29-30H,15-28,49-50H2,1-2H3,(H,55,56)(H,57,58). The van der Waals surface area contributed by atoms with Crippen molar-refractivity contribution in [3.63, 3.8) is 0 Å². The minimum Gasteiger partial charge on any atom is -0.489 e. The number of nitrogens with zero attached hydrogens (tertiary/aromatic N) is 2. The lowest BCUT2D eigenvalue weighted by atomic mass is 10.0. The highest BCUT2D eigenvalue weighted by atomic mass is 16.6. The number of ether oxygens (including phenoxy) is 8. The highest BCUT2D eigenvalue weighted by Gasteiger charge is 2.25. The second kappa shape index (κ2) is 23.9. The largest absolute Gasteiger partial charge is 0.489 e. The summed E-state index contributed by atoms with van der Waals surface area (Å²) in [6.07, 6.45) is 3.51. The number of nitrogen functional groups attached to an aromatic ring is 2. The molecule has 2 aromatic carbocycles. The molecule has 18 heteroatoms. The third kappa shape index (κ3) is 12.1. The fraction of sp³-hybridized carbons (Fsp3) is 0.333. The molecule has 350 valence electrons. The number of carboxylic acids is 2. The van der Waals surface area contributed by atoms with Gasteiger partial charge in [0.2, 0.25) is 11.6 Å². The number of hydrogen-bond donors (Lipinski definition) is 4. The topological polar surface area (TPSA) is 243 Å². The molecule has 0 bridgehead atoms. The molecule has 0 spiro atoms. The Morgan fingerprint density at radius 3 is 1.11 bits per heavy atom. The third-order valence-electron chi connectivity index (χ3n) is 10.4. The molecule has 4 heterocycles. The van der Waals surface area contributed by atoms with Crippen molar-refractivity contribution in [2.75, 3.05) is 104 Å². The van der Waals surface area contributed by atoms with Crippen molar-refractivity contribution in [1.29, 1.82) is 0 Å². The van der Waals surface area contributed by atoms with Gasteiger partial charge in [-0.1, -0.05) is 12.1 Å². The zero-order valence-electron chi connectivity index (χ0n) is 36.8. The van der Waals surface area contributed by atoms with Crippen LogP contribution in [0.4, 0.5) is 11.4 Å². The number of carboxylic acid groups (broad SMARTS) is 2. The number of hydrogen-bond acceptors (Lipinski definition) is 14. The van der Waals surface area contributed by atoms with Crippen LogP contribution >= 0.6 is 0 Å². The molecule has 0 saturated carbocycles. The van der Waals surface area contributed by atoms with Crippen LogP contribution in [0.3, 0.4) is 0 Å². The highest BCUT2D eigenvalue weighted by Crippen LogP contribution is 2.34. The van der Waals surface area contributed by atoms with Gasteiger partial charge in [0.1, 0.15) is 36.1 Å². The van der Waals surface area contributed by atoms with Crippen molar-refractivity contribution in [1.82, 2.24) is 8.80 Å². The van der Waals surface area contributed by atoms with Gasteiger partial charge in [0.25, 0.3) is 0 Å². The van der Waals surface area contributed by atoms with E-state index in [0.29, 0.717) is 124 Å². The first kappa shape index (κ1) is 48.7. The van der Waals surface area contributed by atoms with Crippen molar-refractivity contribution < 1.29 is 67.3 Å². The number of anilines is 2. The first-order chi connectivity index (χ1) is 32.0. The Bertz CT molecular complexity index is 2460. The van der Waals surface area contributed by atoms with E-state index < -0.39 is 11.9 Å². The Hall–Kier alpha value is -6.80. The van der Waals surface area contributed by atoms with Crippen LogP contribution in [0.15, 0.2) is 85.2 Å². The van der Waals surface area contributed by atoms with E-state index in [1.54, 1.807) is 47.2 Å². The molecular weight excluding hydrogens is 857 g/mol. The van der Waals surface area contributed by atoms with E-state index in [0.717, 1.165) is 0 Å². The number of carbonyl (C=O) groups excluding carboxylic acids is 2. The van der Waals surface area contributed by atoms with Crippen LogP contribution in [-0.4, -0.2) is 135 Å². The van der Waals surface area contributed by atoms with E-state index in [4.69, 9.17) is 49.4 Å². The summed E-state index contributed by atoms with van der Waals surface area (Å²) in [4.78, 5) is 50.3. The minimum absolute atomic E-state index is 0.0776. The maximum Gasteiger partial charge on any atom is 0.337 e. The molecule has 6 aromatic rings. The number of benzene rings is 2. The van der Waals surface area contributed by atoms with Crippen LogP contribution in [-0.2, 0) is 28.4 Å². The van der Waals surface area contributed by atoms with Gasteiger partial charge in [0.05, 0.1) is 101 Å². The lowest BCUT2D eigenvalue weighted by Crippen LogP contribution is -2.15. The maximum absolute atomic E-state index is 13.6. The molecule has 6 N–H and O–H groups in total. The number of aromatic carboxylic acids is 2. The second-order valence-corrected chi connectivity index (χ2v) is 14.8. The predicted molar refractivity (Wildman–Crippen MR) is 243 cm³/mol. The molecule has 0 atom stereocenters. The number of ketones is 2. The van der Waals surface area contributed by atoms with E-state index in [9.17, 15) is 29.4 Å². The van der Waals surface area contributed by atoms with E-state index in [2.05, 4.69) is 0 Å². The number of fused-ring (bicyclic) bond motifs is 2. The van der Waals surface area contributed by atoms with Crippen LogP contribution in [0.2, 0.25) is 0 Å². The second-order valence-electron chi connectivity index (χ2n) is 14.8. The normalized spacial score (nSPS) is 11.4. The van der Waals surface area contributed by atoms with Crippen LogP contribution < -0.4 is 20.9 Å². The van der Waals surface area contributed by atoms with Crippen molar-refractivity contribution in [3.05, 3.63) is 130 Å². The van der Waals surface area contributed by atoms with Crippen LogP contribution in [0.5, 0.6) is 11.5 Å². The van der Waals surface area contributed by atoms with Crippen molar-refractivity contribution in [3.8, 4) is 11.5 Å². The fourth-order valence-corrected chi connectivity index (χ4v) is 7.18. The van der Waals surface area contributed by atoms with E-state index in [1.165, 1.54) is 36.4 Å². The quantitative estimate of drug-likeness (QED) is 0.0262. The van der Waals surface area contributed by atoms with Crippen molar-refractivity contribution in [2.45, 2.75) is 13.8 Å². The minimum atomic E-state index is -1.21. The van der Waals surface area contributed by atoms with Gasteiger partial charge in [-0.25, -0.2) is 9.59 Å². The zero-order valence-corrected chi connectivity index (χ0v) is 36.8. The maximum atomic E-state index is 13.6. The molecule has 4 aromatic heterocycles. The summed E-state index contributed by atoms with van der Waals surface area (Å²) in [6, 6.07) is 19.4. The number of nitrogens with two attached hydrogens (primary N) is 2. The van der Waals surface area contributed by atoms with Gasteiger partial charge in [-0.15, -0.1) is 0 Å². The summed E-state index contributed by atoms with van der Waals surface area (Å²) in [6.45, 7) is 8.51. The van der Waals surface area contributed by atoms with Gasteiger partial charge in [-0.2, -0.15) is 0 Å². The molecular formula is C48H54N4O14. The van der Waals surface area contributed by atoms with Gasteiger partial charge >= 0.3 is 11.9 Å². The first-order valence-corrected chi connectivity index (χ1v) is 21.3. The van der Waals surface area contributed by atoms with Crippen molar-refractivity contribution >= 4 is 45.9 Å². The lowest BCUT2D eigenvalue weighted by Gasteiger charge is -2.09. The SMILES string of the molecule is Cc1c(OCCOCCOCCOCCOCCOCCOCCOc2c(C)c(C(=O)c3ccc(N)c(C(=O)O)c3)n3ccccc23)c2ccccn2c1C(=O)c1ccc(N)c(C(=O)O)c1. The average Bonchev–Trinajstić information content (AvgIpc) is 3.75. The molecule has 0 fully saturated rings. The third-order valence-corrected chi connectivity index (χ3v) is 10.4. The Morgan fingerprint density at radius 1 is 0.470 bits per heavy atom. The van der Waals surface area contributed by atoms with Crippen LogP contribution in [0.25, 0.3) is 11.0 Å². The highest BCUT2D eigenvalue weighted by molar-refractivity contribution is 6.13. The summed E-state index contributed by atoms with van der Waals surface area (Å²) in [5.41, 5.74) is 15.2. The summed E-state index contributed by atoms with van der Waals surface area (Å²) in [5, 5.41) is 18.9. The number of rotatable bonds is 29. The summed E-state index contributed by atoms with van der Waals surface area (Å²) >= 11 is 0.